The Bertz CT molecular complexity index is 2250. The van der Waals surface area contributed by atoms with Crippen molar-refractivity contribution in [3.63, 3.8) is 0 Å². The van der Waals surface area contributed by atoms with Crippen molar-refractivity contribution < 1.29 is 4.48 Å². The second kappa shape index (κ2) is 12.6. The summed E-state index contributed by atoms with van der Waals surface area (Å²) in [5, 5.41) is 8.11. The number of benzene rings is 6. The van der Waals surface area contributed by atoms with E-state index in [0.717, 1.165) is 17.6 Å². The van der Waals surface area contributed by atoms with Crippen molar-refractivity contribution in [3.05, 3.63) is 132 Å². The molecule has 0 fully saturated rings. The van der Waals surface area contributed by atoms with Gasteiger partial charge in [0, 0.05) is 52.5 Å². The third kappa shape index (κ3) is 5.31. The Labute approximate surface area is 297 Å². The van der Waals surface area contributed by atoms with E-state index in [-0.39, 0.29) is 0 Å². The summed E-state index contributed by atoms with van der Waals surface area (Å²) in [5.41, 5.74) is 8.86. The van der Waals surface area contributed by atoms with E-state index in [0.29, 0.717) is 0 Å². The molecule has 0 atom stereocenters. The van der Waals surface area contributed by atoms with Crippen LogP contribution in [-0.2, 0) is 13.1 Å². The Hall–Kier alpha value is -4.28. The maximum atomic E-state index is 2.52. The van der Waals surface area contributed by atoms with E-state index in [1.165, 1.54) is 124 Å². The zero-order valence-electron chi connectivity index (χ0n) is 28.5. The number of nitrogens with zero attached hydrogens (tertiary/aromatic N) is 1. The van der Waals surface area contributed by atoms with Crippen LogP contribution in [0.3, 0.4) is 0 Å². The molecule has 8 aromatic rings. The number of rotatable bonds is 8. The van der Waals surface area contributed by atoms with Gasteiger partial charge in [-0.25, -0.2) is 0 Å². The molecule has 0 unspecified atom stereocenters. The van der Waals surface area contributed by atoms with Crippen LogP contribution in [0.5, 0.6) is 0 Å². The van der Waals surface area contributed by atoms with Gasteiger partial charge in [0.2, 0.25) is 0 Å². The Balaban J connectivity index is 1.45. The average molecular weight is 673 g/mol. The van der Waals surface area contributed by atoms with Gasteiger partial charge in [-0.05, 0) is 81.6 Å². The van der Waals surface area contributed by atoms with Gasteiger partial charge in [-0.3, -0.25) is 0 Å². The van der Waals surface area contributed by atoms with Crippen molar-refractivity contribution in [1.82, 2.24) is 0 Å². The molecule has 6 aromatic carbocycles. The van der Waals surface area contributed by atoms with Crippen LogP contribution in [0, 0.1) is 0 Å². The van der Waals surface area contributed by atoms with Crippen LogP contribution in [0.2, 0.25) is 0 Å². The third-order valence-corrected chi connectivity index (χ3v) is 13.2. The van der Waals surface area contributed by atoms with Crippen molar-refractivity contribution in [3.8, 4) is 32.0 Å². The number of hydrogen-bond acceptors (Lipinski definition) is 2. The molecule has 0 saturated heterocycles. The van der Waals surface area contributed by atoms with E-state index in [1.807, 2.05) is 22.7 Å². The molecule has 1 aliphatic rings. The largest absolute Gasteiger partial charge is 0.316 e. The van der Waals surface area contributed by atoms with Crippen LogP contribution in [-0.4, -0.2) is 17.6 Å². The lowest BCUT2D eigenvalue weighted by atomic mass is 9.83. The highest BCUT2D eigenvalue weighted by Gasteiger charge is 2.37. The predicted molar refractivity (Wildman–Crippen MR) is 216 cm³/mol. The number of thiophene rings is 2. The summed E-state index contributed by atoms with van der Waals surface area (Å²) in [7, 11) is 0. The Morgan fingerprint density at radius 1 is 0.490 bits per heavy atom. The molecule has 3 heterocycles. The Kier molecular flexibility index (Phi) is 7.88. The van der Waals surface area contributed by atoms with Gasteiger partial charge >= 0.3 is 0 Å². The molecule has 0 amide bonds. The summed E-state index contributed by atoms with van der Waals surface area (Å²) in [6.45, 7) is 9.24. The van der Waals surface area contributed by atoms with Gasteiger partial charge in [0.25, 0.3) is 0 Å². The van der Waals surface area contributed by atoms with Crippen molar-refractivity contribution >= 4 is 64.4 Å². The number of fused-ring (bicyclic) bond motifs is 9. The fourth-order valence-corrected chi connectivity index (χ4v) is 10.7. The summed E-state index contributed by atoms with van der Waals surface area (Å²) in [4.78, 5) is 2.78. The summed E-state index contributed by atoms with van der Waals surface area (Å²) in [6.07, 6.45) is 4.92. The third-order valence-electron chi connectivity index (χ3n) is 10.9. The SMILES string of the molecule is CCCC[N+]1(CCCC)Cc2c(-c3cc4ccccc4s3)cc3ccccc3c2-c2c(c(-c3cc4ccccc4s3)cc3ccccc23)C1. The van der Waals surface area contributed by atoms with Gasteiger partial charge in [-0.15, -0.1) is 22.7 Å². The van der Waals surface area contributed by atoms with Crippen LogP contribution < -0.4 is 0 Å². The summed E-state index contributed by atoms with van der Waals surface area (Å²) < 4.78 is 3.83. The molecule has 0 radical (unpaired) electrons. The second-order valence-corrected chi connectivity index (χ2v) is 16.3. The van der Waals surface area contributed by atoms with E-state index < -0.39 is 0 Å². The van der Waals surface area contributed by atoms with Crippen molar-refractivity contribution in [2.24, 2.45) is 0 Å². The number of quaternary nitrogens is 1. The monoisotopic (exact) mass is 672 g/mol. The summed E-state index contributed by atoms with van der Waals surface area (Å²) in [5.74, 6) is 0. The van der Waals surface area contributed by atoms with Crippen LogP contribution in [0.15, 0.2) is 121 Å². The van der Waals surface area contributed by atoms with Crippen LogP contribution in [0.1, 0.15) is 50.7 Å². The zero-order chi connectivity index (χ0) is 33.0. The molecule has 0 spiro atoms. The highest BCUT2D eigenvalue weighted by molar-refractivity contribution is 7.22. The second-order valence-electron chi connectivity index (χ2n) is 14.1. The molecule has 0 saturated carbocycles. The van der Waals surface area contributed by atoms with Gasteiger partial charge < -0.3 is 4.48 Å². The van der Waals surface area contributed by atoms with Gasteiger partial charge in [-0.1, -0.05) is 112 Å². The van der Waals surface area contributed by atoms with Gasteiger partial charge in [0.15, 0.2) is 0 Å². The smallest absolute Gasteiger partial charge is 0.106 e. The highest BCUT2D eigenvalue weighted by Crippen LogP contribution is 2.52. The van der Waals surface area contributed by atoms with Gasteiger partial charge in [0.1, 0.15) is 13.1 Å². The first kappa shape index (κ1) is 30.8. The fraction of sp³-hybridized carbons (Fsp3) is 0.217. The maximum Gasteiger partial charge on any atom is 0.106 e. The van der Waals surface area contributed by atoms with Crippen molar-refractivity contribution in [2.45, 2.75) is 52.6 Å². The molecule has 1 nitrogen and oxygen atoms in total. The molecular weight excluding hydrogens is 631 g/mol. The molecule has 0 bridgehead atoms. The molecule has 9 rings (SSSR count). The molecule has 2 aromatic heterocycles. The maximum absolute atomic E-state index is 2.52. The lowest BCUT2D eigenvalue weighted by Crippen LogP contribution is -2.47. The van der Waals surface area contributed by atoms with Gasteiger partial charge in [-0.2, -0.15) is 0 Å². The molecule has 0 aliphatic carbocycles. The van der Waals surface area contributed by atoms with E-state index in [1.54, 1.807) is 0 Å². The molecule has 242 valence electrons. The normalized spacial score (nSPS) is 14.0. The minimum atomic E-state index is 1.05. The van der Waals surface area contributed by atoms with Crippen molar-refractivity contribution in [1.29, 1.82) is 0 Å². The fourth-order valence-electron chi connectivity index (χ4n) is 8.49. The number of hydrogen-bond donors (Lipinski definition) is 0. The van der Waals surface area contributed by atoms with E-state index in [2.05, 4.69) is 135 Å². The first-order valence-corrected chi connectivity index (χ1v) is 19.7. The van der Waals surface area contributed by atoms with E-state index in [4.69, 9.17) is 0 Å². The van der Waals surface area contributed by atoms with Crippen LogP contribution in [0.4, 0.5) is 0 Å². The van der Waals surface area contributed by atoms with E-state index in [9.17, 15) is 0 Å². The molecule has 1 aliphatic heterocycles. The first-order chi connectivity index (χ1) is 24.1. The lowest BCUT2D eigenvalue weighted by molar-refractivity contribution is -0.953. The molecule has 49 heavy (non-hydrogen) atoms. The minimum absolute atomic E-state index is 1.05. The molecular formula is C46H42NS2+. The van der Waals surface area contributed by atoms with E-state index >= 15 is 0 Å². The summed E-state index contributed by atoms with van der Waals surface area (Å²) >= 11 is 3.91. The standard InChI is InChI=1S/C46H42NS2/c1-3-5-23-47(24-6-4-2)29-39-37(43-27-33-17-9-13-21-41(33)48-43)25-31-15-7-11-19-35(31)45(39)46-36-20-12-8-16-32(36)26-38(40(46)30-47)44-28-34-18-10-14-22-42(34)49-44/h7-22,25-28H,3-6,23-24,29-30H2,1-2H3/q+1. The lowest BCUT2D eigenvalue weighted by Gasteiger charge is -2.39. The average Bonchev–Trinajstić information content (AvgIpc) is 3.74. The van der Waals surface area contributed by atoms with Crippen LogP contribution >= 0.6 is 22.7 Å². The Morgan fingerprint density at radius 2 is 0.898 bits per heavy atom. The first-order valence-electron chi connectivity index (χ1n) is 18.1. The summed E-state index contributed by atoms with van der Waals surface area (Å²) in [6, 6.07) is 46.2. The topological polar surface area (TPSA) is 0 Å². The minimum Gasteiger partial charge on any atom is -0.316 e. The highest BCUT2D eigenvalue weighted by atomic mass is 32.1. The zero-order valence-corrected chi connectivity index (χ0v) is 30.1. The Morgan fingerprint density at radius 3 is 1.33 bits per heavy atom. The molecule has 3 heteroatoms. The van der Waals surface area contributed by atoms with Crippen molar-refractivity contribution in [2.75, 3.05) is 13.1 Å². The van der Waals surface area contributed by atoms with Crippen LogP contribution in [0.25, 0.3) is 73.7 Å². The van der Waals surface area contributed by atoms with Gasteiger partial charge in [0.05, 0.1) is 13.1 Å². The molecule has 0 N–H and O–H groups in total. The quantitative estimate of drug-likeness (QED) is 0.141. The predicted octanol–water partition coefficient (Wildman–Crippen LogP) is 13.9. The number of unbranched alkanes of at least 4 members (excludes halogenated alkanes) is 2.